The number of Topliss-reactive ketones (excluding diaryl/α,β-unsaturated/α-hetero) is 1. The zero-order valence-electron chi connectivity index (χ0n) is 15.6. The fourth-order valence-electron chi connectivity index (χ4n) is 2.86. The minimum Gasteiger partial charge on any atom is -0.479 e. The van der Waals surface area contributed by atoms with Crippen molar-refractivity contribution in [2.75, 3.05) is 0 Å². The number of carboxylic acid groups (broad SMARTS) is 1. The molecule has 0 amide bonds. The Hall–Kier alpha value is -1.06. The molecule has 3 nitrogen and oxygen atoms in total. The van der Waals surface area contributed by atoms with Gasteiger partial charge in [-0.2, -0.15) is 0 Å². The summed E-state index contributed by atoms with van der Waals surface area (Å²) in [7, 11) is 0. The maximum Gasteiger partial charge on any atom is 0.340 e. The molecule has 0 aromatic heterocycles. The SMILES string of the molecule is Cc1ccc(C(=O)CCCCCCCCCCCC(Cl)(Cl)C(=O)O)cc1. The fourth-order valence-corrected chi connectivity index (χ4v) is 3.13. The monoisotopic (exact) mass is 400 g/mol. The van der Waals surface area contributed by atoms with Gasteiger partial charge in [-0.05, 0) is 26.2 Å². The normalized spacial score (nSPS) is 11.5. The van der Waals surface area contributed by atoms with E-state index < -0.39 is 10.3 Å². The van der Waals surface area contributed by atoms with E-state index in [0.29, 0.717) is 12.8 Å². The summed E-state index contributed by atoms with van der Waals surface area (Å²) in [5, 5.41) is 8.81. The van der Waals surface area contributed by atoms with Gasteiger partial charge in [-0.25, -0.2) is 4.79 Å². The molecule has 1 aromatic carbocycles. The zero-order valence-corrected chi connectivity index (χ0v) is 17.1. The summed E-state index contributed by atoms with van der Waals surface area (Å²) >= 11 is 11.4. The van der Waals surface area contributed by atoms with Gasteiger partial charge < -0.3 is 5.11 Å². The van der Waals surface area contributed by atoms with Crippen LogP contribution < -0.4 is 0 Å². The number of unbranched alkanes of at least 4 members (excludes halogenated alkanes) is 8. The summed E-state index contributed by atoms with van der Waals surface area (Å²) < 4.78 is -1.64. The second-order valence-corrected chi connectivity index (χ2v) is 8.46. The van der Waals surface area contributed by atoms with Crippen molar-refractivity contribution >= 4 is 35.0 Å². The van der Waals surface area contributed by atoms with Crippen LogP contribution in [0.4, 0.5) is 0 Å². The van der Waals surface area contributed by atoms with E-state index in [1.165, 1.54) is 18.4 Å². The highest BCUT2D eigenvalue weighted by Crippen LogP contribution is 2.28. The predicted octanol–water partition coefficient (Wildman–Crippen LogP) is 6.73. The van der Waals surface area contributed by atoms with Gasteiger partial charge in [-0.1, -0.05) is 98.0 Å². The number of aryl methyl sites for hydroxylation is 1. The van der Waals surface area contributed by atoms with Crippen molar-refractivity contribution in [3.05, 3.63) is 35.4 Å². The van der Waals surface area contributed by atoms with E-state index in [2.05, 4.69) is 0 Å². The van der Waals surface area contributed by atoms with Crippen molar-refractivity contribution in [2.45, 2.75) is 81.9 Å². The van der Waals surface area contributed by atoms with Gasteiger partial charge in [0, 0.05) is 12.0 Å². The maximum absolute atomic E-state index is 12.0. The van der Waals surface area contributed by atoms with E-state index in [1.807, 2.05) is 31.2 Å². The molecule has 0 fully saturated rings. The largest absolute Gasteiger partial charge is 0.479 e. The van der Waals surface area contributed by atoms with E-state index in [0.717, 1.165) is 50.5 Å². The molecule has 0 atom stereocenters. The van der Waals surface area contributed by atoms with Crippen LogP contribution in [0.15, 0.2) is 24.3 Å². The van der Waals surface area contributed by atoms with Crippen LogP contribution in [0.25, 0.3) is 0 Å². The van der Waals surface area contributed by atoms with E-state index in [1.54, 1.807) is 0 Å². The number of halogens is 2. The lowest BCUT2D eigenvalue weighted by Crippen LogP contribution is -2.25. The van der Waals surface area contributed by atoms with Crippen LogP contribution in [0.1, 0.15) is 86.6 Å². The minimum absolute atomic E-state index is 0.237. The van der Waals surface area contributed by atoms with Gasteiger partial charge in [0.25, 0.3) is 0 Å². The summed E-state index contributed by atoms with van der Waals surface area (Å²) in [4.78, 5) is 22.8. The summed E-state index contributed by atoms with van der Waals surface area (Å²) in [6, 6.07) is 7.78. The number of carbonyl (C=O) groups excluding carboxylic acids is 1. The summed E-state index contributed by atoms with van der Waals surface area (Å²) in [5.74, 6) is -0.928. The topological polar surface area (TPSA) is 54.4 Å². The summed E-state index contributed by atoms with van der Waals surface area (Å²) in [6.07, 6.45) is 10.4. The second-order valence-electron chi connectivity index (χ2n) is 6.98. The second kappa shape index (κ2) is 12.3. The molecule has 0 aliphatic heterocycles. The van der Waals surface area contributed by atoms with E-state index >= 15 is 0 Å². The summed E-state index contributed by atoms with van der Waals surface area (Å²) in [6.45, 7) is 2.02. The first kappa shape index (κ1) is 23.0. The quantitative estimate of drug-likeness (QED) is 0.214. The van der Waals surface area contributed by atoms with Crippen LogP contribution in [0.5, 0.6) is 0 Å². The number of carboxylic acids is 1. The Bertz CT molecular complexity index is 553. The molecule has 26 heavy (non-hydrogen) atoms. The molecule has 5 heteroatoms. The Morgan fingerprint density at radius 2 is 1.31 bits per heavy atom. The van der Waals surface area contributed by atoms with E-state index in [9.17, 15) is 9.59 Å². The van der Waals surface area contributed by atoms with Gasteiger partial charge in [-0.15, -0.1) is 0 Å². The molecule has 0 radical (unpaired) electrons. The smallest absolute Gasteiger partial charge is 0.340 e. The molecule has 0 bridgehead atoms. The predicted molar refractivity (Wildman–Crippen MR) is 108 cm³/mol. The number of hydrogen-bond donors (Lipinski definition) is 1. The van der Waals surface area contributed by atoms with Gasteiger partial charge in [0.05, 0.1) is 0 Å². The lowest BCUT2D eigenvalue weighted by Gasteiger charge is -2.13. The van der Waals surface area contributed by atoms with Gasteiger partial charge in [0.15, 0.2) is 5.78 Å². The van der Waals surface area contributed by atoms with Crippen molar-refractivity contribution < 1.29 is 14.7 Å². The van der Waals surface area contributed by atoms with Crippen LogP contribution in [0.3, 0.4) is 0 Å². The molecule has 0 saturated carbocycles. The first-order valence-electron chi connectivity index (χ1n) is 9.54. The van der Waals surface area contributed by atoms with Crippen LogP contribution in [-0.2, 0) is 4.79 Å². The van der Waals surface area contributed by atoms with Crippen LogP contribution in [0, 0.1) is 6.92 Å². The average molecular weight is 401 g/mol. The summed E-state index contributed by atoms with van der Waals surface area (Å²) in [5.41, 5.74) is 1.99. The van der Waals surface area contributed by atoms with Gasteiger partial charge >= 0.3 is 5.97 Å². The third kappa shape index (κ3) is 9.59. The molecule has 0 unspecified atom stereocenters. The fraction of sp³-hybridized carbons (Fsp3) is 0.619. The molecule has 0 spiro atoms. The molecular formula is C21H30Cl2O3. The number of hydrogen-bond acceptors (Lipinski definition) is 2. The molecule has 1 aromatic rings. The molecule has 0 aliphatic rings. The molecule has 0 aliphatic carbocycles. The van der Waals surface area contributed by atoms with Crippen molar-refractivity contribution in [3.63, 3.8) is 0 Å². The third-order valence-electron chi connectivity index (χ3n) is 4.58. The highest BCUT2D eigenvalue weighted by atomic mass is 35.5. The standard InChI is InChI=1S/C21H30Cl2O3/c1-17-12-14-18(15-13-17)19(24)11-9-7-5-3-2-4-6-8-10-16-21(22,23)20(25)26/h12-15H,2-11,16H2,1H3,(H,25,26). The Labute approximate surface area is 167 Å². The van der Waals surface area contributed by atoms with E-state index in [-0.39, 0.29) is 5.78 Å². The van der Waals surface area contributed by atoms with Gasteiger partial charge in [0.2, 0.25) is 4.33 Å². The number of ketones is 1. The molecule has 0 saturated heterocycles. The number of benzene rings is 1. The molecule has 0 heterocycles. The van der Waals surface area contributed by atoms with Crippen LogP contribution >= 0.6 is 23.2 Å². The number of rotatable bonds is 14. The zero-order chi connectivity index (χ0) is 19.4. The molecule has 146 valence electrons. The Morgan fingerprint density at radius 1 is 0.846 bits per heavy atom. The Balaban J connectivity index is 1.94. The first-order valence-corrected chi connectivity index (χ1v) is 10.3. The number of carbonyl (C=O) groups is 2. The van der Waals surface area contributed by atoms with Crippen LogP contribution in [-0.4, -0.2) is 21.2 Å². The van der Waals surface area contributed by atoms with Crippen LogP contribution in [0.2, 0.25) is 0 Å². The van der Waals surface area contributed by atoms with Crippen molar-refractivity contribution in [1.29, 1.82) is 0 Å². The molecule has 1 rings (SSSR count). The number of aliphatic carboxylic acids is 1. The Kier molecular flexibility index (Phi) is 10.9. The van der Waals surface area contributed by atoms with Crippen molar-refractivity contribution in [2.24, 2.45) is 0 Å². The third-order valence-corrected chi connectivity index (χ3v) is 5.28. The maximum atomic E-state index is 12.0. The molecule has 1 N–H and O–H groups in total. The lowest BCUT2D eigenvalue weighted by atomic mass is 10.0. The van der Waals surface area contributed by atoms with E-state index in [4.69, 9.17) is 28.3 Å². The first-order chi connectivity index (χ1) is 12.3. The van der Waals surface area contributed by atoms with Crippen molar-refractivity contribution in [3.8, 4) is 0 Å². The van der Waals surface area contributed by atoms with Gasteiger partial charge in [0.1, 0.15) is 0 Å². The molecular weight excluding hydrogens is 371 g/mol. The Morgan fingerprint density at radius 3 is 1.81 bits per heavy atom. The minimum atomic E-state index is -1.64. The van der Waals surface area contributed by atoms with Crippen molar-refractivity contribution in [1.82, 2.24) is 0 Å². The highest BCUT2D eigenvalue weighted by molar-refractivity contribution is 6.57. The van der Waals surface area contributed by atoms with Gasteiger partial charge in [-0.3, -0.25) is 4.79 Å². The number of alkyl halides is 2. The lowest BCUT2D eigenvalue weighted by molar-refractivity contribution is -0.138. The average Bonchev–Trinajstić information content (AvgIpc) is 2.59. The highest BCUT2D eigenvalue weighted by Gasteiger charge is 2.32.